The first-order valence-electron chi connectivity index (χ1n) is 8.64. The summed E-state index contributed by atoms with van der Waals surface area (Å²) in [4.78, 5) is 52.4. The van der Waals surface area contributed by atoms with Crippen LogP contribution in [0.4, 0.5) is 11.4 Å². The Kier molecular flexibility index (Phi) is 5.63. The van der Waals surface area contributed by atoms with Gasteiger partial charge in [0.15, 0.2) is 0 Å². The van der Waals surface area contributed by atoms with Crippen LogP contribution in [0.3, 0.4) is 0 Å². The summed E-state index contributed by atoms with van der Waals surface area (Å²) in [7, 11) is 0. The number of benzene rings is 2. The molecule has 0 aliphatic rings. The molecule has 1 heterocycles. The molecule has 0 spiro atoms. The van der Waals surface area contributed by atoms with E-state index in [0.29, 0.717) is 5.69 Å². The zero-order valence-electron chi connectivity index (χ0n) is 15.2. The van der Waals surface area contributed by atoms with Crippen LogP contribution in [0.5, 0.6) is 0 Å². The van der Waals surface area contributed by atoms with Crippen molar-refractivity contribution in [2.24, 2.45) is 5.73 Å². The molecule has 10 nitrogen and oxygen atoms in total. The van der Waals surface area contributed by atoms with Crippen molar-refractivity contribution in [1.82, 2.24) is 9.55 Å². The number of primary amides is 1. The lowest BCUT2D eigenvalue weighted by molar-refractivity contribution is -0.384. The van der Waals surface area contributed by atoms with Gasteiger partial charge in [0.2, 0.25) is 11.8 Å². The smallest absolute Gasteiger partial charge is 0.271 e. The minimum absolute atomic E-state index is 0.0326. The monoisotopic (exact) mass is 395 g/mol. The maximum atomic E-state index is 12.9. The predicted molar refractivity (Wildman–Crippen MR) is 105 cm³/mol. The van der Waals surface area contributed by atoms with Crippen LogP contribution in [0.1, 0.15) is 6.42 Å². The first-order valence-corrected chi connectivity index (χ1v) is 8.64. The molecule has 10 heteroatoms. The van der Waals surface area contributed by atoms with E-state index < -0.39 is 22.3 Å². The van der Waals surface area contributed by atoms with Gasteiger partial charge in [-0.2, -0.15) is 0 Å². The summed E-state index contributed by atoms with van der Waals surface area (Å²) in [6, 6.07) is 12.4. The number of non-ortho nitro benzene ring substituents is 1. The van der Waals surface area contributed by atoms with Gasteiger partial charge in [-0.05, 0) is 18.2 Å². The largest absolute Gasteiger partial charge is 0.370 e. The van der Waals surface area contributed by atoms with Crippen LogP contribution in [0.15, 0.2) is 59.7 Å². The minimum atomic E-state index is -0.577. The van der Waals surface area contributed by atoms with E-state index >= 15 is 0 Å². The highest BCUT2D eigenvalue weighted by atomic mass is 16.6. The Balaban J connectivity index is 1.91. The molecule has 1 aromatic heterocycles. The molecule has 0 radical (unpaired) electrons. The third-order valence-electron chi connectivity index (χ3n) is 4.28. The number of amides is 2. The van der Waals surface area contributed by atoms with E-state index in [1.165, 1.54) is 29.4 Å². The van der Waals surface area contributed by atoms with E-state index in [1.807, 2.05) is 0 Å². The summed E-state index contributed by atoms with van der Waals surface area (Å²) in [5.74, 6) is -0.979. The normalized spacial score (nSPS) is 10.6. The number of fused-ring (bicyclic) bond motifs is 1. The molecule has 0 unspecified atom stereocenters. The number of rotatable bonds is 7. The maximum Gasteiger partial charge on any atom is 0.271 e. The average Bonchev–Trinajstić information content (AvgIpc) is 2.70. The molecule has 3 aromatic rings. The van der Waals surface area contributed by atoms with E-state index in [2.05, 4.69) is 4.98 Å². The van der Waals surface area contributed by atoms with Crippen LogP contribution >= 0.6 is 0 Å². The predicted octanol–water partition coefficient (Wildman–Crippen LogP) is 1.21. The highest BCUT2D eigenvalue weighted by Crippen LogP contribution is 2.17. The molecule has 0 saturated heterocycles. The minimum Gasteiger partial charge on any atom is -0.370 e. The fraction of sp³-hybridized carbons (Fsp3) is 0.158. The fourth-order valence-electron chi connectivity index (χ4n) is 2.83. The van der Waals surface area contributed by atoms with Gasteiger partial charge in [-0.15, -0.1) is 0 Å². The lowest BCUT2D eigenvalue weighted by Crippen LogP contribution is -2.38. The standard InChI is InChI=1S/C19H17N5O5/c20-17(25)8-9-23(13-4-2-1-3-5-13)18(26)11-22-12-21-16-10-14(24(28)29)6-7-15(16)19(22)27/h1-7,10,12H,8-9,11H2,(H2,20,25). The van der Waals surface area contributed by atoms with Crippen LogP contribution < -0.4 is 16.2 Å². The molecule has 29 heavy (non-hydrogen) atoms. The van der Waals surface area contributed by atoms with Crippen molar-refractivity contribution in [2.45, 2.75) is 13.0 Å². The number of nitro benzene ring substituents is 1. The molecule has 0 fully saturated rings. The lowest BCUT2D eigenvalue weighted by Gasteiger charge is -2.22. The number of carbonyl (C=O) groups excluding carboxylic acids is 2. The van der Waals surface area contributed by atoms with Gasteiger partial charge in [0.25, 0.3) is 11.2 Å². The summed E-state index contributed by atoms with van der Waals surface area (Å²) < 4.78 is 1.12. The SMILES string of the molecule is NC(=O)CCN(C(=O)Cn1cnc2cc([N+](=O)[O-])ccc2c1=O)c1ccccc1. The molecule has 0 atom stereocenters. The van der Waals surface area contributed by atoms with Crippen molar-refractivity contribution in [1.29, 1.82) is 0 Å². The Morgan fingerprint density at radius 3 is 2.55 bits per heavy atom. The maximum absolute atomic E-state index is 12.9. The highest BCUT2D eigenvalue weighted by Gasteiger charge is 2.18. The summed E-state index contributed by atoms with van der Waals surface area (Å²) in [6.07, 6.45) is 1.14. The molecule has 0 saturated carbocycles. The Hall–Kier alpha value is -4.08. The fourth-order valence-corrected chi connectivity index (χ4v) is 2.83. The van der Waals surface area contributed by atoms with Crippen molar-refractivity contribution < 1.29 is 14.5 Å². The van der Waals surface area contributed by atoms with Crippen molar-refractivity contribution in [2.75, 3.05) is 11.4 Å². The summed E-state index contributed by atoms with van der Waals surface area (Å²) in [5.41, 5.74) is 5.26. The Bertz CT molecular complexity index is 1140. The van der Waals surface area contributed by atoms with Crippen LogP contribution in [0.25, 0.3) is 10.9 Å². The number of nitrogens with two attached hydrogens (primary N) is 1. The quantitative estimate of drug-likeness (QED) is 0.471. The van der Waals surface area contributed by atoms with E-state index in [0.717, 1.165) is 4.57 Å². The van der Waals surface area contributed by atoms with Gasteiger partial charge in [0.05, 0.1) is 22.2 Å². The summed E-state index contributed by atoms with van der Waals surface area (Å²) in [5, 5.41) is 11.0. The van der Waals surface area contributed by atoms with Crippen LogP contribution in [-0.2, 0) is 16.1 Å². The molecule has 2 aromatic carbocycles. The van der Waals surface area contributed by atoms with Crippen molar-refractivity contribution in [3.05, 3.63) is 75.3 Å². The number of hydrogen-bond donors (Lipinski definition) is 1. The molecule has 0 aliphatic carbocycles. The van der Waals surface area contributed by atoms with Gasteiger partial charge in [-0.25, -0.2) is 4.98 Å². The van der Waals surface area contributed by atoms with Gasteiger partial charge < -0.3 is 10.6 Å². The Morgan fingerprint density at radius 1 is 1.17 bits per heavy atom. The third kappa shape index (κ3) is 4.43. The van der Waals surface area contributed by atoms with Gasteiger partial charge in [0, 0.05) is 30.8 Å². The van der Waals surface area contributed by atoms with Gasteiger partial charge in [0.1, 0.15) is 6.54 Å². The number of carbonyl (C=O) groups is 2. The molecule has 2 N–H and O–H groups in total. The number of aromatic nitrogens is 2. The molecule has 2 amide bonds. The zero-order chi connectivity index (χ0) is 21.0. The van der Waals surface area contributed by atoms with Crippen LogP contribution in [0, 0.1) is 10.1 Å². The number of anilines is 1. The number of hydrogen-bond acceptors (Lipinski definition) is 6. The van der Waals surface area contributed by atoms with Gasteiger partial charge in [-0.3, -0.25) is 29.1 Å². The molecule has 0 bridgehead atoms. The van der Waals surface area contributed by atoms with E-state index in [-0.39, 0.29) is 36.1 Å². The van der Waals surface area contributed by atoms with Crippen molar-refractivity contribution in [3.8, 4) is 0 Å². The molecule has 3 rings (SSSR count). The second-order valence-corrected chi connectivity index (χ2v) is 6.23. The summed E-state index contributed by atoms with van der Waals surface area (Å²) >= 11 is 0. The second kappa shape index (κ2) is 8.30. The second-order valence-electron chi connectivity index (χ2n) is 6.23. The zero-order valence-corrected chi connectivity index (χ0v) is 15.2. The van der Waals surface area contributed by atoms with Crippen molar-refractivity contribution >= 4 is 34.1 Å². The molecule has 0 aliphatic heterocycles. The van der Waals surface area contributed by atoms with Crippen LogP contribution in [0.2, 0.25) is 0 Å². The lowest BCUT2D eigenvalue weighted by atomic mass is 10.2. The van der Waals surface area contributed by atoms with E-state index in [4.69, 9.17) is 5.73 Å². The topological polar surface area (TPSA) is 141 Å². The first-order chi connectivity index (χ1) is 13.9. The molecule has 148 valence electrons. The third-order valence-corrected chi connectivity index (χ3v) is 4.28. The first kappa shape index (κ1) is 19.7. The number of nitrogens with zero attached hydrogens (tertiary/aromatic N) is 4. The summed E-state index contributed by atoms with van der Waals surface area (Å²) in [6.45, 7) is -0.243. The van der Waals surface area contributed by atoms with Crippen molar-refractivity contribution in [3.63, 3.8) is 0 Å². The molecular formula is C19H17N5O5. The Morgan fingerprint density at radius 2 is 1.90 bits per heavy atom. The highest BCUT2D eigenvalue weighted by molar-refractivity contribution is 5.94. The number of para-hydroxylation sites is 1. The van der Waals surface area contributed by atoms with Crippen LogP contribution in [-0.4, -0.2) is 32.8 Å². The number of nitro groups is 1. The molecular weight excluding hydrogens is 378 g/mol. The van der Waals surface area contributed by atoms with E-state index in [9.17, 15) is 24.5 Å². The average molecular weight is 395 g/mol. The van der Waals surface area contributed by atoms with Gasteiger partial charge in [-0.1, -0.05) is 18.2 Å². The van der Waals surface area contributed by atoms with Gasteiger partial charge >= 0.3 is 0 Å². The Labute approximate surface area is 164 Å². The van der Waals surface area contributed by atoms with E-state index in [1.54, 1.807) is 30.3 Å².